The van der Waals surface area contributed by atoms with E-state index in [2.05, 4.69) is 59.8 Å². The summed E-state index contributed by atoms with van der Waals surface area (Å²) < 4.78 is 0. The molecule has 0 spiro atoms. The van der Waals surface area contributed by atoms with Gasteiger partial charge in [0.1, 0.15) is 0 Å². The van der Waals surface area contributed by atoms with E-state index in [1.54, 1.807) is 0 Å². The van der Waals surface area contributed by atoms with Crippen molar-refractivity contribution in [1.29, 1.82) is 0 Å². The van der Waals surface area contributed by atoms with Gasteiger partial charge in [0.25, 0.3) is 0 Å². The van der Waals surface area contributed by atoms with Crippen LogP contribution in [0.4, 0.5) is 5.69 Å². The molecule has 110 valence electrons. The van der Waals surface area contributed by atoms with E-state index in [9.17, 15) is 0 Å². The number of nitrogens with zero attached hydrogens (tertiary/aromatic N) is 3. The molecule has 2 N–H and O–H groups in total. The lowest BCUT2D eigenvalue weighted by atomic mass is 10.2. The van der Waals surface area contributed by atoms with Gasteiger partial charge >= 0.3 is 0 Å². The summed E-state index contributed by atoms with van der Waals surface area (Å²) in [6, 6.07) is 8.68. The normalized spacial score (nSPS) is 16.9. The van der Waals surface area contributed by atoms with E-state index in [0.717, 1.165) is 32.7 Å². The highest BCUT2D eigenvalue weighted by Gasteiger charge is 2.18. The van der Waals surface area contributed by atoms with Gasteiger partial charge in [0, 0.05) is 38.4 Å². The Morgan fingerprint density at radius 2 is 1.95 bits per heavy atom. The molecule has 1 fully saturated rings. The van der Waals surface area contributed by atoms with Gasteiger partial charge in [-0.05, 0) is 30.5 Å². The molecule has 1 aliphatic rings. The molecule has 0 aromatic heterocycles. The van der Waals surface area contributed by atoms with Crippen molar-refractivity contribution in [2.24, 2.45) is 16.6 Å². The smallest absolute Gasteiger partial charge is 0.191 e. The third kappa shape index (κ3) is 3.89. The number of hydrogen-bond acceptors (Lipinski definition) is 2. The summed E-state index contributed by atoms with van der Waals surface area (Å²) in [5.74, 6) is 1.25. The van der Waals surface area contributed by atoms with Gasteiger partial charge in [-0.2, -0.15) is 0 Å². The van der Waals surface area contributed by atoms with Gasteiger partial charge in [0.05, 0.1) is 0 Å². The number of piperazine rings is 1. The van der Waals surface area contributed by atoms with Crippen molar-refractivity contribution >= 4 is 11.6 Å². The van der Waals surface area contributed by atoms with E-state index < -0.39 is 0 Å². The summed E-state index contributed by atoms with van der Waals surface area (Å²) in [5, 5.41) is 0. The Labute approximate surface area is 122 Å². The Morgan fingerprint density at radius 1 is 1.25 bits per heavy atom. The van der Waals surface area contributed by atoms with Gasteiger partial charge in [0.15, 0.2) is 5.96 Å². The Morgan fingerprint density at radius 3 is 2.55 bits per heavy atom. The lowest BCUT2D eigenvalue weighted by Crippen LogP contribution is -2.51. The Kier molecular flexibility index (Phi) is 4.88. The van der Waals surface area contributed by atoms with Crippen LogP contribution in [0, 0.1) is 12.8 Å². The first kappa shape index (κ1) is 14.7. The van der Waals surface area contributed by atoms with Crippen LogP contribution in [0.1, 0.15) is 19.4 Å². The number of anilines is 1. The molecular weight excluding hydrogens is 248 g/mol. The summed E-state index contributed by atoms with van der Waals surface area (Å²) in [6.07, 6.45) is 0. The fourth-order valence-corrected chi connectivity index (χ4v) is 2.39. The number of nitrogens with two attached hydrogens (primary N) is 1. The van der Waals surface area contributed by atoms with Crippen molar-refractivity contribution < 1.29 is 0 Å². The topological polar surface area (TPSA) is 44.9 Å². The van der Waals surface area contributed by atoms with Crippen LogP contribution in [0.2, 0.25) is 0 Å². The van der Waals surface area contributed by atoms with E-state index >= 15 is 0 Å². The number of rotatable bonds is 3. The second-order valence-electron chi connectivity index (χ2n) is 5.91. The average molecular weight is 274 g/mol. The molecule has 1 aliphatic heterocycles. The van der Waals surface area contributed by atoms with Gasteiger partial charge in [-0.25, -0.2) is 0 Å². The quantitative estimate of drug-likeness (QED) is 0.678. The highest BCUT2D eigenvalue weighted by atomic mass is 15.3. The van der Waals surface area contributed by atoms with Gasteiger partial charge < -0.3 is 15.5 Å². The fraction of sp³-hybridized carbons (Fsp3) is 0.562. The molecular formula is C16H26N4. The molecule has 2 rings (SSSR count). The molecule has 0 bridgehead atoms. The first-order chi connectivity index (χ1) is 9.56. The summed E-state index contributed by atoms with van der Waals surface area (Å²) in [7, 11) is 0. The summed E-state index contributed by atoms with van der Waals surface area (Å²) in [5.41, 5.74) is 8.68. The zero-order chi connectivity index (χ0) is 14.5. The standard InChI is InChI=1S/C16H26N4/c1-13(2)12-18-16(17)20-9-7-19(8-10-20)15-6-4-5-14(3)11-15/h4-6,11,13H,7-10,12H2,1-3H3,(H2,17,18). The minimum Gasteiger partial charge on any atom is -0.370 e. The minimum absolute atomic E-state index is 0.558. The second kappa shape index (κ2) is 6.64. The van der Waals surface area contributed by atoms with Crippen molar-refractivity contribution in [1.82, 2.24) is 4.90 Å². The predicted molar refractivity (Wildman–Crippen MR) is 86.3 cm³/mol. The summed E-state index contributed by atoms with van der Waals surface area (Å²) >= 11 is 0. The van der Waals surface area contributed by atoms with Crippen LogP contribution in [0.3, 0.4) is 0 Å². The van der Waals surface area contributed by atoms with Crippen LogP contribution in [-0.2, 0) is 0 Å². The number of benzene rings is 1. The number of aryl methyl sites for hydroxylation is 1. The Balaban J connectivity index is 1.91. The summed E-state index contributed by atoms with van der Waals surface area (Å²) in [6.45, 7) is 11.2. The molecule has 0 saturated carbocycles. The van der Waals surface area contributed by atoms with Gasteiger partial charge in [-0.15, -0.1) is 0 Å². The third-order valence-corrected chi connectivity index (χ3v) is 3.59. The van der Waals surface area contributed by atoms with Gasteiger partial charge in [-0.1, -0.05) is 26.0 Å². The predicted octanol–water partition coefficient (Wildman–Crippen LogP) is 2.09. The maximum atomic E-state index is 6.06. The lowest BCUT2D eigenvalue weighted by molar-refractivity contribution is 0.380. The molecule has 0 unspecified atom stereocenters. The Hall–Kier alpha value is -1.71. The molecule has 0 radical (unpaired) electrons. The number of aliphatic imine (C=N–C) groups is 1. The SMILES string of the molecule is Cc1cccc(N2CCN(C(N)=NCC(C)C)CC2)c1. The van der Waals surface area contributed by atoms with E-state index in [1.807, 2.05) is 0 Å². The molecule has 0 amide bonds. The fourth-order valence-electron chi connectivity index (χ4n) is 2.39. The molecule has 1 saturated heterocycles. The van der Waals surface area contributed by atoms with Gasteiger partial charge in [-0.3, -0.25) is 4.99 Å². The number of guanidine groups is 1. The third-order valence-electron chi connectivity index (χ3n) is 3.59. The highest BCUT2D eigenvalue weighted by molar-refractivity contribution is 5.78. The van der Waals surface area contributed by atoms with Crippen LogP contribution in [0.15, 0.2) is 29.3 Å². The van der Waals surface area contributed by atoms with Crippen LogP contribution in [-0.4, -0.2) is 43.6 Å². The second-order valence-corrected chi connectivity index (χ2v) is 5.91. The maximum absolute atomic E-state index is 6.06. The zero-order valence-corrected chi connectivity index (χ0v) is 12.8. The first-order valence-corrected chi connectivity index (χ1v) is 7.42. The first-order valence-electron chi connectivity index (χ1n) is 7.42. The molecule has 0 aliphatic carbocycles. The van der Waals surface area contributed by atoms with Crippen LogP contribution >= 0.6 is 0 Å². The molecule has 0 atom stereocenters. The van der Waals surface area contributed by atoms with E-state index in [1.165, 1.54) is 11.3 Å². The molecule has 4 nitrogen and oxygen atoms in total. The lowest BCUT2D eigenvalue weighted by Gasteiger charge is -2.36. The van der Waals surface area contributed by atoms with Crippen molar-refractivity contribution in [3.05, 3.63) is 29.8 Å². The largest absolute Gasteiger partial charge is 0.370 e. The van der Waals surface area contributed by atoms with E-state index in [4.69, 9.17) is 5.73 Å². The van der Waals surface area contributed by atoms with Crippen LogP contribution < -0.4 is 10.6 Å². The molecule has 20 heavy (non-hydrogen) atoms. The molecule has 4 heteroatoms. The minimum atomic E-state index is 0.558. The Bertz CT molecular complexity index is 459. The average Bonchev–Trinajstić information content (AvgIpc) is 2.45. The number of hydrogen-bond donors (Lipinski definition) is 1. The molecule has 1 aromatic rings. The zero-order valence-electron chi connectivity index (χ0n) is 12.8. The van der Waals surface area contributed by atoms with Crippen molar-refractivity contribution in [2.75, 3.05) is 37.6 Å². The van der Waals surface area contributed by atoms with E-state index in [0.29, 0.717) is 11.9 Å². The van der Waals surface area contributed by atoms with Crippen molar-refractivity contribution in [3.8, 4) is 0 Å². The summed E-state index contributed by atoms with van der Waals surface area (Å²) in [4.78, 5) is 9.07. The maximum Gasteiger partial charge on any atom is 0.191 e. The van der Waals surface area contributed by atoms with Crippen molar-refractivity contribution in [3.63, 3.8) is 0 Å². The van der Waals surface area contributed by atoms with Gasteiger partial charge in [0.2, 0.25) is 0 Å². The molecule has 1 heterocycles. The monoisotopic (exact) mass is 274 g/mol. The highest BCUT2D eigenvalue weighted by Crippen LogP contribution is 2.17. The van der Waals surface area contributed by atoms with Crippen LogP contribution in [0.25, 0.3) is 0 Å². The molecule has 1 aromatic carbocycles. The van der Waals surface area contributed by atoms with E-state index in [-0.39, 0.29) is 0 Å². The van der Waals surface area contributed by atoms with Crippen molar-refractivity contribution in [2.45, 2.75) is 20.8 Å². The van der Waals surface area contributed by atoms with Crippen LogP contribution in [0.5, 0.6) is 0 Å².